The summed E-state index contributed by atoms with van der Waals surface area (Å²) in [6, 6.07) is 9.03. The summed E-state index contributed by atoms with van der Waals surface area (Å²) in [5.74, 6) is -1.90. The highest BCUT2D eigenvalue weighted by atomic mass is 32.2. The Morgan fingerprint density at radius 1 is 0.882 bits per heavy atom. The van der Waals surface area contributed by atoms with Gasteiger partial charge in [-0.05, 0) is 49.4 Å². The fourth-order valence-electron chi connectivity index (χ4n) is 4.81. The maximum absolute atomic E-state index is 14.3. The summed E-state index contributed by atoms with van der Waals surface area (Å²) in [5, 5.41) is -1.06. The van der Waals surface area contributed by atoms with Crippen LogP contribution in [-0.4, -0.2) is 39.9 Å². The summed E-state index contributed by atoms with van der Waals surface area (Å²) in [7, 11) is -7.25. The molecule has 0 bridgehead atoms. The molecular formula is C22H33F6NO3SSi. The number of hydrogen-bond acceptors (Lipinski definition) is 3. The molecule has 0 atom stereocenters. The van der Waals surface area contributed by atoms with E-state index in [1.807, 2.05) is 0 Å². The quantitative estimate of drug-likeness (QED) is 0.274. The molecule has 1 fully saturated rings. The van der Waals surface area contributed by atoms with Crippen molar-refractivity contribution in [2.24, 2.45) is 5.92 Å². The van der Waals surface area contributed by atoms with Crippen LogP contribution in [0.1, 0.15) is 52.0 Å². The largest absolute Gasteiger partial charge is 0.425 e. The first-order valence-corrected chi connectivity index (χ1v) is 15.6. The molecule has 0 saturated heterocycles. The Balaban J connectivity index is 2.28. The smallest absolute Gasteiger partial charge is 0.396 e. The predicted molar refractivity (Wildman–Crippen MR) is 121 cm³/mol. The summed E-state index contributed by atoms with van der Waals surface area (Å²) < 4.78 is 119. The van der Waals surface area contributed by atoms with Crippen molar-refractivity contribution >= 4 is 18.3 Å². The molecule has 4 nitrogen and oxygen atoms in total. The fourth-order valence-corrected chi connectivity index (χ4v) is 9.32. The standard InChI is InChI=1S/C22H33F6NO3SSi/c1-4-34(5-2,6-3)32-20(21(23,24)25,22(26,27)28)18-12-14-19(15-13-18)33(30,31)29-16-17-10-8-7-9-11-17/h7-11,18-19,29H,4-6,12-16H2,1-3H3. The molecule has 196 valence electrons. The zero-order valence-corrected chi connectivity index (χ0v) is 21.4. The highest BCUT2D eigenvalue weighted by Crippen LogP contribution is 2.56. The lowest BCUT2D eigenvalue weighted by atomic mass is 9.75. The van der Waals surface area contributed by atoms with E-state index in [9.17, 15) is 34.8 Å². The minimum Gasteiger partial charge on any atom is -0.396 e. The van der Waals surface area contributed by atoms with Gasteiger partial charge < -0.3 is 4.43 Å². The molecule has 12 heteroatoms. The summed E-state index contributed by atoms with van der Waals surface area (Å²) >= 11 is 0. The summed E-state index contributed by atoms with van der Waals surface area (Å²) in [5.41, 5.74) is -3.60. The topological polar surface area (TPSA) is 55.4 Å². The Bertz CT molecular complexity index is 858. The summed E-state index contributed by atoms with van der Waals surface area (Å²) in [6.07, 6.45) is -13.0. The average molecular weight is 534 g/mol. The third-order valence-electron chi connectivity index (χ3n) is 7.16. The van der Waals surface area contributed by atoms with Gasteiger partial charge in [-0.2, -0.15) is 26.3 Å². The van der Waals surface area contributed by atoms with Gasteiger partial charge in [-0.1, -0.05) is 51.1 Å². The van der Waals surface area contributed by atoms with Crippen molar-refractivity contribution in [1.29, 1.82) is 0 Å². The van der Waals surface area contributed by atoms with E-state index in [-0.39, 0.29) is 37.5 Å². The number of hydrogen-bond donors (Lipinski definition) is 1. The third kappa shape index (κ3) is 5.99. The van der Waals surface area contributed by atoms with Crippen LogP contribution in [0.25, 0.3) is 0 Å². The second-order valence-corrected chi connectivity index (χ2v) is 15.6. The molecule has 0 amide bonds. The second kappa shape index (κ2) is 10.9. The molecule has 1 aromatic carbocycles. The first-order valence-electron chi connectivity index (χ1n) is 11.5. The Labute approximate surface area is 198 Å². The normalized spacial score (nSPS) is 21.0. The van der Waals surface area contributed by atoms with Crippen molar-refractivity contribution in [3.8, 4) is 0 Å². The van der Waals surface area contributed by atoms with Crippen LogP contribution in [0.5, 0.6) is 0 Å². The highest BCUT2D eigenvalue weighted by molar-refractivity contribution is 7.90. The van der Waals surface area contributed by atoms with Gasteiger partial charge in [-0.3, -0.25) is 0 Å². The minimum absolute atomic E-state index is 0.00112. The van der Waals surface area contributed by atoms with Crippen molar-refractivity contribution in [3.05, 3.63) is 35.9 Å². The molecule has 1 saturated carbocycles. The number of benzene rings is 1. The van der Waals surface area contributed by atoms with Crippen LogP contribution >= 0.6 is 0 Å². The van der Waals surface area contributed by atoms with E-state index >= 15 is 0 Å². The van der Waals surface area contributed by atoms with E-state index in [0.717, 1.165) is 0 Å². The molecule has 0 spiro atoms. The molecule has 34 heavy (non-hydrogen) atoms. The Kier molecular flexibility index (Phi) is 9.31. The molecule has 0 radical (unpaired) electrons. The zero-order valence-electron chi connectivity index (χ0n) is 19.6. The van der Waals surface area contributed by atoms with Crippen LogP contribution in [0.3, 0.4) is 0 Å². The predicted octanol–water partition coefficient (Wildman–Crippen LogP) is 6.55. The van der Waals surface area contributed by atoms with Gasteiger partial charge in [-0.15, -0.1) is 0 Å². The molecule has 1 aliphatic carbocycles. The van der Waals surface area contributed by atoms with E-state index < -0.39 is 60.3 Å². The number of sulfonamides is 1. The Hall–Kier alpha value is -1.11. The second-order valence-electron chi connectivity index (χ2n) is 8.90. The van der Waals surface area contributed by atoms with Crippen molar-refractivity contribution in [2.75, 3.05) is 0 Å². The number of rotatable bonds is 10. The van der Waals surface area contributed by atoms with Gasteiger partial charge in [0, 0.05) is 12.5 Å². The van der Waals surface area contributed by atoms with Gasteiger partial charge in [0.2, 0.25) is 10.0 Å². The molecular weight excluding hydrogens is 500 g/mol. The van der Waals surface area contributed by atoms with E-state index in [0.29, 0.717) is 5.56 Å². The number of nitrogens with one attached hydrogen (secondary N) is 1. The Morgan fingerprint density at radius 2 is 1.35 bits per heavy atom. The number of alkyl halides is 6. The lowest BCUT2D eigenvalue weighted by molar-refractivity contribution is -0.379. The fraction of sp³-hybridized carbons (Fsp3) is 0.727. The molecule has 0 aromatic heterocycles. The van der Waals surface area contributed by atoms with Gasteiger partial charge in [0.15, 0.2) is 8.32 Å². The van der Waals surface area contributed by atoms with Crippen LogP contribution in [-0.2, 0) is 21.0 Å². The van der Waals surface area contributed by atoms with Gasteiger partial charge in [0.1, 0.15) is 0 Å². The monoisotopic (exact) mass is 533 g/mol. The maximum atomic E-state index is 14.3. The van der Waals surface area contributed by atoms with Crippen LogP contribution in [0.4, 0.5) is 26.3 Å². The van der Waals surface area contributed by atoms with Gasteiger partial charge >= 0.3 is 12.4 Å². The minimum atomic E-state index is -5.68. The molecule has 0 unspecified atom stereocenters. The molecule has 1 aromatic rings. The molecule has 2 rings (SSSR count). The maximum Gasteiger partial charge on any atom is 0.425 e. The van der Waals surface area contributed by atoms with E-state index in [4.69, 9.17) is 4.43 Å². The molecule has 0 heterocycles. The van der Waals surface area contributed by atoms with Crippen LogP contribution < -0.4 is 4.72 Å². The lowest BCUT2D eigenvalue weighted by Crippen LogP contribution is -2.68. The average Bonchev–Trinajstić information content (AvgIpc) is 2.78. The van der Waals surface area contributed by atoms with E-state index in [1.54, 1.807) is 51.1 Å². The Morgan fingerprint density at radius 3 is 1.76 bits per heavy atom. The van der Waals surface area contributed by atoms with Gasteiger partial charge in [-0.25, -0.2) is 13.1 Å². The van der Waals surface area contributed by atoms with Crippen LogP contribution in [0, 0.1) is 5.92 Å². The summed E-state index contributed by atoms with van der Waals surface area (Å²) in [6.45, 7) is 4.70. The first kappa shape index (κ1) is 29.1. The first-order chi connectivity index (χ1) is 15.7. The molecule has 1 N–H and O–H groups in total. The highest BCUT2D eigenvalue weighted by Gasteiger charge is 2.76. The number of halogens is 6. The van der Waals surface area contributed by atoms with E-state index in [1.165, 1.54) is 0 Å². The summed E-state index contributed by atoms with van der Waals surface area (Å²) in [4.78, 5) is 0. The molecule has 0 aliphatic heterocycles. The van der Waals surface area contributed by atoms with Crippen LogP contribution in [0.15, 0.2) is 30.3 Å². The van der Waals surface area contributed by atoms with Gasteiger partial charge in [0.25, 0.3) is 5.60 Å². The van der Waals surface area contributed by atoms with Crippen molar-refractivity contribution in [2.45, 2.75) is 94.3 Å². The van der Waals surface area contributed by atoms with Crippen LogP contribution in [0.2, 0.25) is 18.1 Å². The van der Waals surface area contributed by atoms with Crippen molar-refractivity contribution in [1.82, 2.24) is 4.72 Å². The molecule has 1 aliphatic rings. The van der Waals surface area contributed by atoms with E-state index in [2.05, 4.69) is 4.72 Å². The zero-order chi connectivity index (χ0) is 25.8. The van der Waals surface area contributed by atoms with Crippen molar-refractivity contribution in [3.63, 3.8) is 0 Å². The van der Waals surface area contributed by atoms with Gasteiger partial charge in [0.05, 0.1) is 5.25 Å². The lowest BCUT2D eigenvalue weighted by Gasteiger charge is -2.49. The SMILES string of the molecule is CC[Si](CC)(CC)OC(C1CCC(S(=O)(=O)NCc2ccccc2)CC1)(C(F)(F)F)C(F)(F)F. The van der Waals surface area contributed by atoms with Crippen molar-refractivity contribution < 1.29 is 39.2 Å². The third-order valence-corrected chi connectivity index (χ3v) is 13.7.